The molecule has 0 spiro atoms. The monoisotopic (exact) mass is 388 g/mol. The molecule has 0 unspecified atom stereocenters. The summed E-state index contributed by atoms with van der Waals surface area (Å²) in [5, 5.41) is 2.98. The minimum atomic E-state index is -4.63. The summed E-state index contributed by atoms with van der Waals surface area (Å²) >= 11 is 0. The van der Waals surface area contributed by atoms with Crippen molar-refractivity contribution >= 4 is 17.9 Å². The van der Waals surface area contributed by atoms with Gasteiger partial charge in [0.1, 0.15) is 18.1 Å². The highest BCUT2D eigenvalue weighted by atomic mass is 19.4. The Morgan fingerprint density at radius 1 is 1.04 bits per heavy atom. The third-order valence-electron chi connectivity index (χ3n) is 2.97. The highest BCUT2D eigenvalue weighted by Crippen LogP contribution is 2.22. The van der Waals surface area contributed by atoms with E-state index < -0.39 is 43.1 Å². The summed E-state index contributed by atoms with van der Waals surface area (Å²) in [6.07, 6.45) is -4.63. The first-order valence-electron chi connectivity index (χ1n) is 7.31. The molecule has 0 fully saturated rings. The Kier molecular flexibility index (Phi) is 6.16. The number of carbonyl (C=O) groups excluding carboxylic acids is 3. The lowest BCUT2D eigenvalue weighted by Crippen LogP contribution is -2.44. The quantitative estimate of drug-likeness (QED) is 0.606. The minimum absolute atomic E-state index is 0.248. The molecule has 0 saturated heterocycles. The van der Waals surface area contributed by atoms with Crippen molar-refractivity contribution in [3.8, 4) is 11.3 Å². The summed E-state index contributed by atoms with van der Waals surface area (Å²) < 4.78 is 58.4. The summed E-state index contributed by atoms with van der Waals surface area (Å²) in [5.74, 6) is -2.63. The SMILES string of the molecule is O=C(COC(=O)c1ccc(-c2ccc(F)cc2)o1)NC(=O)NCC(F)(F)F. The zero-order valence-corrected chi connectivity index (χ0v) is 13.4. The van der Waals surface area contributed by atoms with Gasteiger partial charge in [0.15, 0.2) is 6.61 Å². The predicted molar refractivity (Wildman–Crippen MR) is 82.0 cm³/mol. The fraction of sp³-hybridized carbons (Fsp3) is 0.188. The molecular formula is C16H12F4N2O5. The molecule has 0 saturated carbocycles. The summed E-state index contributed by atoms with van der Waals surface area (Å²) in [6.45, 7) is -2.53. The van der Waals surface area contributed by atoms with Crippen molar-refractivity contribution in [3.05, 3.63) is 48.0 Å². The highest BCUT2D eigenvalue weighted by molar-refractivity contribution is 5.96. The number of amides is 3. The summed E-state index contributed by atoms with van der Waals surface area (Å²) in [7, 11) is 0. The molecule has 2 aromatic rings. The molecule has 1 aromatic heterocycles. The maximum absolute atomic E-state index is 12.9. The van der Waals surface area contributed by atoms with Gasteiger partial charge in [-0.25, -0.2) is 14.0 Å². The van der Waals surface area contributed by atoms with Gasteiger partial charge in [0.25, 0.3) is 5.91 Å². The largest absolute Gasteiger partial charge is 0.450 e. The van der Waals surface area contributed by atoms with Crippen molar-refractivity contribution in [2.24, 2.45) is 0 Å². The molecule has 0 radical (unpaired) electrons. The van der Waals surface area contributed by atoms with E-state index in [1.165, 1.54) is 41.7 Å². The molecule has 7 nitrogen and oxygen atoms in total. The highest BCUT2D eigenvalue weighted by Gasteiger charge is 2.28. The van der Waals surface area contributed by atoms with Gasteiger partial charge in [-0.3, -0.25) is 10.1 Å². The van der Waals surface area contributed by atoms with Crippen molar-refractivity contribution in [1.29, 1.82) is 0 Å². The van der Waals surface area contributed by atoms with Gasteiger partial charge in [0.05, 0.1) is 0 Å². The topological polar surface area (TPSA) is 97.6 Å². The van der Waals surface area contributed by atoms with E-state index in [1.807, 2.05) is 0 Å². The molecule has 144 valence electrons. The van der Waals surface area contributed by atoms with E-state index in [1.54, 1.807) is 5.32 Å². The summed E-state index contributed by atoms with van der Waals surface area (Å²) in [5.41, 5.74) is 0.495. The molecule has 2 rings (SSSR count). The molecule has 0 atom stereocenters. The van der Waals surface area contributed by atoms with Crippen LogP contribution in [0.15, 0.2) is 40.8 Å². The number of hydrogen-bond donors (Lipinski definition) is 2. The molecule has 1 aromatic carbocycles. The van der Waals surface area contributed by atoms with E-state index in [2.05, 4.69) is 4.74 Å². The summed E-state index contributed by atoms with van der Waals surface area (Å²) in [4.78, 5) is 34.2. The average molecular weight is 388 g/mol. The van der Waals surface area contributed by atoms with E-state index in [0.29, 0.717) is 5.56 Å². The van der Waals surface area contributed by atoms with Gasteiger partial charge >= 0.3 is 18.2 Å². The van der Waals surface area contributed by atoms with Crippen LogP contribution in [-0.4, -0.2) is 37.2 Å². The fourth-order valence-electron chi connectivity index (χ4n) is 1.81. The molecule has 27 heavy (non-hydrogen) atoms. The number of alkyl halides is 3. The van der Waals surface area contributed by atoms with Crippen LogP contribution in [0.25, 0.3) is 11.3 Å². The van der Waals surface area contributed by atoms with Crippen molar-refractivity contribution in [2.75, 3.05) is 13.2 Å². The number of esters is 1. The Balaban J connectivity index is 1.82. The molecule has 3 amide bonds. The van der Waals surface area contributed by atoms with Gasteiger partial charge in [0.2, 0.25) is 5.76 Å². The maximum atomic E-state index is 12.9. The number of nitrogens with one attached hydrogen (secondary N) is 2. The number of carbonyl (C=O) groups is 3. The molecule has 1 heterocycles. The number of ether oxygens (including phenoxy) is 1. The lowest BCUT2D eigenvalue weighted by molar-refractivity contribution is -0.125. The second-order valence-electron chi connectivity index (χ2n) is 5.09. The van der Waals surface area contributed by atoms with Crippen LogP contribution < -0.4 is 10.6 Å². The first-order chi connectivity index (χ1) is 12.6. The normalized spacial score (nSPS) is 11.0. The Hall–Kier alpha value is -3.37. The minimum Gasteiger partial charge on any atom is -0.450 e. The Bertz CT molecular complexity index is 830. The second-order valence-corrected chi connectivity index (χ2v) is 5.09. The number of rotatable bonds is 5. The number of benzene rings is 1. The van der Waals surface area contributed by atoms with Crippen LogP contribution in [0.1, 0.15) is 10.6 Å². The second kappa shape index (κ2) is 8.34. The van der Waals surface area contributed by atoms with Gasteiger partial charge in [-0.1, -0.05) is 0 Å². The first-order valence-corrected chi connectivity index (χ1v) is 7.31. The summed E-state index contributed by atoms with van der Waals surface area (Å²) in [6, 6.07) is 6.55. The number of urea groups is 1. The van der Waals surface area contributed by atoms with E-state index in [9.17, 15) is 31.9 Å². The molecule has 2 N–H and O–H groups in total. The molecule has 11 heteroatoms. The first kappa shape index (κ1) is 19.9. The number of hydrogen-bond acceptors (Lipinski definition) is 5. The third kappa shape index (κ3) is 6.45. The third-order valence-corrected chi connectivity index (χ3v) is 2.97. The van der Waals surface area contributed by atoms with Crippen LogP contribution in [0.3, 0.4) is 0 Å². The molecule has 0 bridgehead atoms. The van der Waals surface area contributed by atoms with Crippen molar-refractivity contribution in [3.63, 3.8) is 0 Å². The van der Waals surface area contributed by atoms with Crippen LogP contribution in [0.2, 0.25) is 0 Å². The smallest absolute Gasteiger partial charge is 0.405 e. The van der Waals surface area contributed by atoms with Crippen LogP contribution in [0, 0.1) is 5.82 Å². The number of halogens is 4. The van der Waals surface area contributed by atoms with Gasteiger partial charge in [0, 0.05) is 5.56 Å². The zero-order valence-electron chi connectivity index (χ0n) is 13.4. The van der Waals surface area contributed by atoms with E-state index >= 15 is 0 Å². The number of imide groups is 1. The van der Waals surface area contributed by atoms with Crippen LogP contribution in [0.5, 0.6) is 0 Å². The average Bonchev–Trinajstić information content (AvgIpc) is 3.08. The Labute approximate surface area is 149 Å². The standard InChI is InChI=1S/C16H12F4N2O5/c17-10-3-1-9(2-4-10)11-5-6-12(27-11)14(24)26-7-13(23)22-15(25)21-8-16(18,19)20/h1-6H,7-8H2,(H2,21,22,23,25). The zero-order chi connectivity index (χ0) is 20.0. The molecule has 0 aliphatic rings. The Morgan fingerprint density at radius 3 is 2.33 bits per heavy atom. The van der Waals surface area contributed by atoms with Crippen molar-refractivity contribution in [1.82, 2.24) is 10.6 Å². The van der Waals surface area contributed by atoms with Crippen LogP contribution in [-0.2, 0) is 9.53 Å². The van der Waals surface area contributed by atoms with Crippen molar-refractivity contribution in [2.45, 2.75) is 6.18 Å². The van der Waals surface area contributed by atoms with Crippen molar-refractivity contribution < 1.29 is 41.1 Å². The van der Waals surface area contributed by atoms with Gasteiger partial charge in [-0.15, -0.1) is 0 Å². The maximum Gasteiger partial charge on any atom is 0.405 e. The van der Waals surface area contributed by atoms with E-state index in [-0.39, 0.29) is 11.5 Å². The number of furan rings is 1. The van der Waals surface area contributed by atoms with E-state index in [4.69, 9.17) is 4.42 Å². The van der Waals surface area contributed by atoms with Gasteiger partial charge < -0.3 is 14.5 Å². The lowest BCUT2D eigenvalue weighted by atomic mass is 10.2. The molecular weight excluding hydrogens is 376 g/mol. The molecule has 0 aliphatic heterocycles. The molecule has 0 aliphatic carbocycles. The predicted octanol–water partition coefficient (Wildman–Crippen LogP) is 2.63. The van der Waals surface area contributed by atoms with Crippen LogP contribution >= 0.6 is 0 Å². The Morgan fingerprint density at radius 2 is 1.70 bits per heavy atom. The van der Waals surface area contributed by atoms with E-state index in [0.717, 1.165) is 0 Å². The fourth-order valence-corrected chi connectivity index (χ4v) is 1.81. The van der Waals surface area contributed by atoms with Gasteiger partial charge in [-0.05, 0) is 36.4 Å². The lowest BCUT2D eigenvalue weighted by Gasteiger charge is -2.09. The van der Waals surface area contributed by atoms with Crippen LogP contribution in [0.4, 0.5) is 22.4 Å². The van der Waals surface area contributed by atoms with Gasteiger partial charge in [-0.2, -0.15) is 13.2 Å².